The van der Waals surface area contributed by atoms with E-state index in [9.17, 15) is 4.79 Å². The van der Waals surface area contributed by atoms with E-state index in [2.05, 4.69) is 40.5 Å². The van der Waals surface area contributed by atoms with E-state index in [-0.39, 0.29) is 12.1 Å². The molecule has 1 saturated heterocycles. The molecule has 1 fully saturated rings. The second kappa shape index (κ2) is 8.34. The number of carbonyl (C=O) groups excluding carboxylic acids is 1. The molecule has 1 aromatic rings. The van der Waals surface area contributed by atoms with Gasteiger partial charge < -0.3 is 14.8 Å². The molecule has 0 spiro atoms. The fourth-order valence-electron chi connectivity index (χ4n) is 2.82. The molecule has 0 radical (unpaired) electrons. The Hall–Kier alpha value is -1.56. The molecule has 0 saturated carbocycles. The van der Waals surface area contributed by atoms with Gasteiger partial charge >= 0.3 is 6.03 Å². The maximum Gasteiger partial charge on any atom is 0.317 e. The first-order chi connectivity index (χ1) is 11.0. The Bertz CT molecular complexity index is 491. The van der Waals surface area contributed by atoms with E-state index in [0.29, 0.717) is 5.92 Å². The summed E-state index contributed by atoms with van der Waals surface area (Å²) in [5, 5.41) is 3.13. The van der Waals surface area contributed by atoms with Crippen LogP contribution in [0.3, 0.4) is 0 Å². The minimum absolute atomic E-state index is 0.0814. The summed E-state index contributed by atoms with van der Waals surface area (Å²) in [5.41, 5.74) is 0. The van der Waals surface area contributed by atoms with Crippen molar-refractivity contribution in [3.8, 4) is 0 Å². The van der Waals surface area contributed by atoms with Gasteiger partial charge in [-0.25, -0.2) is 9.78 Å². The zero-order valence-corrected chi connectivity index (χ0v) is 15.0. The van der Waals surface area contributed by atoms with Crippen LogP contribution in [0.5, 0.6) is 0 Å². The largest absolute Gasteiger partial charge is 0.337 e. The Balaban J connectivity index is 1.71. The average molecular weight is 321 g/mol. The van der Waals surface area contributed by atoms with Crippen molar-refractivity contribution in [1.29, 1.82) is 0 Å². The summed E-state index contributed by atoms with van der Waals surface area (Å²) in [6, 6.07) is 0.327. The van der Waals surface area contributed by atoms with Crippen LogP contribution in [0.4, 0.5) is 4.79 Å². The van der Waals surface area contributed by atoms with E-state index >= 15 is 0 Å². The minimum atomic E-state index is 0.0814. The summed E-state index contributed by atoms with van der Waals surface area (Å²) in [5.74, 6) is 1.76. The molecule has 0 aliphatic carbocycles. The summed E-state index contributed by atoms with van der Waals surface area (Å²) < 4.78 is 2.05. The summed E-state index contributed by atoms with van der Waals surface area (Å²) >= 11 is 0. The summed E-state index contributed by atoms with van der Waals surface area (Å²) in [6.07, 6.45) is 6.00. The number of urea groups is 1. The summed E-state index contributed by atoms with van der Waals surface area (Å²) in [7, 11) is 2.02. The lowest BCUT2D eigenvalue weighted by Gasteiger charge is -2.35. The highest BCUT2D eigenvalue weighted by Crippen LogP contribution is 2.09. The number of carbonyl (C=O) groups is 1. The second-order valence-electron chi connectivity index (χ2n) is 7.04. The Morgan fingerprint density at radius 2 is 1.91 bits per heavy atom. The predicted octanol–water partition coefficient (Wildman–Crippen LogP) is 2.07. The van der Waals surface area contributed by atoms with Crippen LogP contribution in [0.2, 0.25) is 0 Å². The van der Waals surface area contributed by atoms with Gasteiger partial charge in [0.05, 0.1) is 6.54 Å². The van der Waals surface area contributed by atoms with Gasteiger partial charge in [-0.2, -0.15) is 0 Å². The molecular weight excluding hydrogens is 290 g/mol. The van der Waals surface area contributed by atoms with Crippen LogP contribution in [-0.4, -0.2) is 57.6 Å². The van der Waals surface area contributed by atoms with Crippen LogP contribution in [0.1, 0.15) is 39.4 Å². The molecule has 0 aromatic carbocycles. The van der Waals surface area contributed by atoms with Gasteiger partial charge in [-0.3, -0.25) is 4.90 Å². The SMILES string of the molecule is CC(C)CCC(C)NC(=O)N1CCN(Cc2nccn2C)CC1. The number of imidazole rings is 1. The Morgan fingerprint density at radius 3 is 2.48 bits per heavy atom. The zero-order valence-electron chi connectivity index (χ0n) is 15.0. The van der Waals surface area contributed by atoms with E-state index < -0.39 is 0 Å². The molecule has 6 nitrogen and oxygen atoms in total. The van der Waals surface area contributed by atoms with Gasteiger partial charge in [0.25, 0.3) is 0 Å². The van der Waals surface area contributed by atoms with E-state index in [4.69, 9.17) is 0 Å². The molecule has 1 unspecified atom stereocenters. The monoisotopic (exact) mass is 321 g/mol. The number of aromatic nitrogens is 2. The van der Waals surface area contributed by atoms with Gasteiger partial charge in [0.1, 0.15) is 5.82 Å². The van der Waals surface area contributed by atoms with Crippen molar-refractivity contribution in [2.45, 2.75) is 46.2 Å². The minimum Gasteiger partial charge on any atom is -0.337 e. The molecule has 1 atom stereocenters. The highest BCUT2D eigenvalue weighted by atomic mass is 16.2. The third kappa shape index (κ3) is 5.53. The lowest BCUT2D eigenvalue weighted by Crippen LogP contribution is -2.53. The second-order valence-corrected chi connectivity index (χ2v) is 7.04. The van der Waals surface area contributed by atoms with Crippen LogP contribution in [-0.2, 0) is 13.6 Å². The zero-order chi connectivity index (χ0) is 16.8. The predicted molar refractivity (Wildman–Crippen MR) is 92.1 cm³/mol. The quantitative estimate of drug-likeness (QED) is 0.873. The molecule has 2 heterocycles. The first kappa shape index (κ1) is 17.8. The number of rotatable bonds is 6. The molecule has 6 heteroatoms. The number of aryl methyl sites for hydroxylation is 1. The number of hydrogen-bond acceptors (Lipinski definition) is 3. The van der Waals surface area contributed by atoms with Gasteiger partial charge in [0.2, 0.25) is 0 Å². The molecular formula is C17H31N5O. The topological polar surface area (TPSA) is 53.4 Å². The highest BCUT2D eigenvalue weighted by molar-refractivity contribution is 5.74. The van der Waals surface area contributed by atoms with Gasteiger partial charge in [-0.15, -0.1) is 0 Å². The van der Waals surface area contributed by atoms with Crippen LogP contribution in [0.25, 0.3) is 0 Å². The van der Waals surface area contributed by atoms with Gasteiger partial charge in [0, 0.05) is 51.7 Å². The summed E-state index contributed by atoms with van der Waals surface area (Å²) in [6.45, 7) is 10.8. The third-order valence-electron chi connectivity index (χ3n) is 4.49. The Kier molecular flexibility index (Phi) is 6.45. The maximum absolute atomic E-state index is 12.3. The normalized spacial score (nSPS) is 17.5. The lowest BCUT2D eigenvalue weighted by molar-refractivity contribution is 0.131. The maximum atomic E-state index is 12.3. The van der Waals surface area contributed by atoms with Crippen molar-refractivity contribution < 1.29 is 4.79 Å². The van der Waals surface area contributed by atoms with E-state index in [0.717, 1.165) is 51.4 Å². The molecule has 1 N–H and O–H groups in total. The van der Waals surface area contributed by atoms with E-state index in [1.165, 1.54) is 0 Å². The average Bonchev–Trinajstić information content (AvgIpc) is 2.91. The van der Waals surface area contributed by atoms with Gasteiger partial charge in [-0.05, 0) is 25.7 Å². The molecule has 1 aliphatic rings. The van der Waals surface area contributed by atoms with Crippen LogP contribution in [0.15, 0.2) is 12.4 Å². The van der Waals surface area contributed by atoms with E-state index in [1.54, 1.807) is 0 Å². The number of nitrogens with zero attached hydrogens (tertiary/aromatic N) is 4. The number of amides is 2. The molecule has 130 valence electrons. The van der Waals surface area contributed by atoms with E-state index in [1.807, 2.05) is 24.3 Å². The van der Waals surface area contributed by atoms with Crippen molar-refractivity contribution in [2.24, 2.45) is 13.0 Å². The number of piperazine rings is 1. The first-order valence-corrected chi connectivity index (χ1v) is 8.69. The highest BCUT2D eigenvalue weighted by Gasteiger charge is 2.22. The molecule has 23 heavy (non-hydrogen) atoms. The van der Waals surface area contributed by atoms with Crippen molar-refractivity contribution in [3.63, 3.8) is 0 Å². The standard InChI is InChI=1S/C17H31N5O/c1-14(2)5-6-15(3)19-17(23)22-11-9-21(10-12-22)13-16-18-7-8-20(16)4/h7-8,14-15H,5-6,9-13H2,1-4H3,(H,19,23). The fraction of sp³-hybridized carbons (Fsp3) is 0.765. The first-order valence-electron chi connectivity index (χ1n) is 8.69. The Morgan fingerprint density at radius 1 is 1.22 bits per heavy atom. The molecule has 1 aromatic heterocycles. The van der Waals surface area contributed by atoms with Crippen LogP contribution >= 0.6 is 0 Å². The third-order valence-corrected chi connectivity index (χ3v) is 4.49. The molecule has 2 amide bonds. The number of hydrogen-bond donors (Lipinski definition) is 1. The number of nitrogens with one attached hydrogen (secondary N) is 1. The fourth-order valence-corrected chi connectivity index (χ4v) is 2.82. The van der Waals surface area contributed by atoms with Crippen LogP contribution in [0, 0.1) is 5.92 Å². The van der Waals surface area contributed by atoms with Crippen molar-refractivity contribution in [2.75, 3.05) is 26.2 Å². The molecule has 0 bridgehead atoms. The Labute approximate surface area is 139 Å². The van der Waals surface area contributed by atoms with Crippen molar-refractivity contribution in [1.82, 2.24) is 24.7 Å². The van der Waals surface area contributed by atoms with Crippen molar-refractivity contribution >= 4 is 6.03 Å². The van der Waals surface area contributed by atoms with Crippen molar-refractivity contribution in [3.05, 3.63) is 18.2 Å². The lowest BCUT2D eigenvalue weighted by atomic mass is 10.0. The van der Waals surface area contributed by atoms with Gasteiger partial charge in [0.15, 0.2) is 0 Å². The smallest absolute Gasteiger partial charge is 0.317 e. The molecule has 2 rings (SSSR count). The van der Waals surface area contributed by atoms with Crippen LogP contribution < -0.4 is 5.32 Å². The van der Waals surface area contributed by atoms with Gasteiger partial charge in [-0.1, -0.05) is 13.8 Å². The molecule has 1 aliphatic heterocycles. The summed E-state index contributed by atoms with van der Waals surface area (Å²) in [4.78, 5) is 21.0.